The van der Waals surface area contributed by atoms with Crippen LogP contribution in [-0.4, -0.2) is 123 Å². The van der Waals surface area contributed by atoms with Gasteiger partial charge in [-0.1, -0.05) is 42.8 Å². The number of nitrogens with one attached hydrogen (secondary N) is 1. The first-order valence-electron chi connectivity index (χ1n) is 26.3. The Bertz CT molecular complexity index is 3110. The van der Waals surface area contributed by atoms with Crippen LogP contribution in [0, 0.1) is 25.2 Å². The number of hydrogen-bond donors (Lipinski definition) is 2. The number of piperidine rings is 1. The molecule has 0 radical (unpaired) electrons. The van der Waals surface area contributed by atoms with Crippen LogP contribution >= 0.6 is 0 Å². The van der Waals surface area contributed by atoms with Gasteiger partial charge < -0.3 is 43.7 Å². The van der Waals surface area contributed by atoms with Crippen molar-refractivity contribution < 1.29 is 29.0 Å². The predicted octanol–water partition coefficient (Wildman–Crippen LogP) is 8.42. The molecule has 0 spiro atoms. The zero-order valence-corrected chi connectivity index (χ0v) is 43.5. The maximum atomic E-state index is 16.1. The Morgan fingerprint density at radius 3 is 2.30 bits per heavy atom. The summed E-state index contributed by atoms with van der Waals surface area (Å²) in [5.41, 5.74) is 11.3. The number of aromatic hydroxyl groups is 1. The van der Waals surface area contributed by atoms with E-state index in [0.29, 0.717) is 83.2 Å². The number of phenolic OH excluding ortho intramolecular Hbond substituents is 1. The Balaban J connectivity index is 1.03. The molecule has 384 valence electrons. The predicted molar refractivity (Wildman–Crippen MR) is 286 cm³/mol. The van der Waals surface area contributed by atoms with Crippen molar-refractivity contribution >= 4 is 23.4 Å². The lowest BCUT2D eigenvalue weighted by Crippen LogP contribution is -2.51. The topological polar surface area (TPSA) is 149 Å². The molecule has 2 atom stereocenters. The number of amides is 3. The average Bonchev–Trinajstić information content (AvgIpc) is 3.85. The first-order valence-corrected chi connectivity index (χ1v) is 26.3. The van der Waals surface area contributed by atoms with Crippen LogP contribution in [0.15, 0.2) is 91.0 Å². The molecule has 10 rings (SSSR count). The number of aromatic nitrogens is 2. The second-order valence-corrected chi connectivity index (χ2v) is 20.7. The highest BCUT2D eigenvalue weighted by Crippen LogP contribution is 2.44. The fourth-order valence-electron chi connectivity index (χ4n) is 11.6. The van der Waals surface area contributed by atoms with Crippen LogP contribution in [0.2, 0.25) is 0 Å². The standard InChI is InChI=1S/C60H68N8O6/c1-39-35-66(25-27-73-39)26-28-74-51-19-13-42(14-20-51)29-55(70)67-24-21-44-31-53(54(32-46(44)36-67)60(72)68-37-45-12-8-7-11-43(45)30-49(68)38-65-22-9-6-10-23-65)58-57(52-33-48(34-61)63(4)40(52)2)56(41(3)64(58)5)59(71)62-47-15-17-50(69)18-16-47/h7-8,11-20,31-33,39,49,69H,6,9-10,21-30,35-38H2,1-5H3,(H,62,71)/t39-,49-/m0/s1. The van der Waals surface area contributed by atoms with Gasteiger partial charge in [0.15, 0.2) is 0 Å². The molecule has 0 saturated carbocycles. The molecule has 2 saturated heterocycles. The Morgan fingerprint density at radius 1 is 0.811 bits per heavy atom. The Morgan fingerprint density at radius 2 is 1.57 bits per heavy atom. The molecule has 4 aromatic carbocycles. The van der Waals surface area contributed by atoms with Gasteiger partial charge in [-0.2, -0.15) is 5.26 Å². The van der Waals surface area contributed by atoms with Gasteiger partial charge in [-0.3, -0.25) is 19.3 Å². The van der Waals surface area contributed by atoms with Crippen LogP contribution in [0.5, 0.6) is 11.5 Å². The van der Waals surface area contributed by atoms with Gasteiger partial charge in [0.05, 0.1) is 30.4 Å². The molecule has 0 bridgehead atoms. The van der Waals surface area contributed by atoms with E-state index in [4.69, 9.17) is 9.47 Å². The molecular formula is C60H68N8O6. The number of fused-ring (bicyclic) bond motifs is 2. The van der Waals surface area contributed by atoms with Gasteiger partial charge in [0, 0.05) is 105 Å². The number of ether oxygens (including phenoxy) is 2. The van der Waals surface area contributed by atoms with E-state index in [0.717, 1.165) is 98.8 Å². The first kappa shape index (κ1) is 50.4. The second kappa shape index (κ2) is 21.7. The third kappa shape index (κ3) is 10.5. The van der Waals surface area contributed by atoms with E-state index in [1.54, 1.807) is 12.1 Å². The van der Waals surface area contributed by atoms with Gasteiger partial charge in [-0.25, -0.2) is 0 Å². The van der Waals surface area contributed by atoms with Gasteiger partial charge in [0.2, 0.25) is 5.91 Å². The van der Waals surface area contributed by atoms with Crippen LogP contribution < -0.4 is 10.1 Å². The minimum absolute atomic E-state index is 0.00872. The van der Waals surface area contributed by atoms with Crippen LogP contribution in [0.4, 0.5) is 5.69 Å². The highest BCUT2D eigenvalue weighted by atomic mass is 16.5. The van der Waals surface area contributed by atoms with Crippen LogP contribution in [0.25, 0.3) is 22.4 Å². The molecule has 3 amide bonds. The van der Waals surface area contributed by atoms with Crippen molar-refractivity contribution in [3.05, 3.63) is 147 Å². The van der Waals surface area contributed by atoms with E-state index in [1.165, 1.54) is 24.1 Å². The van der Waals surface area contributed by atoms with Crippen molar-refractivity contribution in [1.29, 1.82) is 5.26 Å². The molecule has 2 fully saturated rings. The molecule has 2 N–H and O–H groups in total. The summed E-state index contributed by atoms with van der Waals surface area (Å²) in [6, 6.07) is 30.8. The van der Waals surface area contributed by atoms with Crippen LogP contribution in [0.1, 0.15) is 91.8 Å². The number of phenols is 1. The summed E-state index contributed by atoms with van der Waals surface area (Å²) in [6.45, 7) is 14.0. The van der Waals surface area contributed by atoms with Crippen molar-refractivity contribution in [3.8, 4) is 40.0 Å². The summed E-state index contributed by atoms with van der Waals surface area (Å²) >= 11 is 0. The molecule has 4 aliphatic rings. The maximum absolute atomic E-state index is 16.1. The number of carbonyl (C=O) groups excluding carboxylic acids is 3. The molecule has 74 heavy (non-hydrogen) atoms. The highest BCUT2D eigenvalue weighted by Gasteiger charge is 2.37. The van der Waals surface area contributed by atoms with Crippen molar-refractivity contribution in [2.45, 2.75) is 84.5 Å². The largest absolute Gasteiger partial charge is 0.508 e. The third-order valence-corrected chi connectivity index (χ3v) is 16.0. The number of nitriles is 1. The van der Waals surface area contributed by atoms with Gasteiger partial charge in [0.25, 0.3) is 11.8 Å². The number of carbonyl (C=O) groups is 3. The highest BCUT2D eigenvalue weighted by molar-refractivity contribution is 6.14. The molecular weight excluding hydrogens is 929 g/mol. The van der Waals surface area contributed by atoms with Crippen molar-refractivity contribution in [2.75, 3.05) is 64.3 Å². The van der Waals surface area contributed by atoms with E-state index < -0.39 is 0 Å². The lowest BCUT2D eigenvalue weighted by molar-refractivity contribution is -0.131. The molecule has 14 nitrogen and oxygen atoms in total. The number of hydrogen-bond acceptors (Lipinski definition) is 9. The summed E-state index contributed by atoms with van der Waals surface area (Å²) in [5, 5.41) is 23.4. The summed E-state index contributed by atoms with van der Waals surface area (Å²) in [7, 11) is 3.78. The van der Waals surface area contributed by atoms with Crippen molar-refractivity contribution in [3.63, 3.8) is 0 Å². The molecule has 14 heteroatoms. The minimum atomic E-state index is -0.360. The second-order valence-electron chi connectivity index (χ2n) is 20.7. The van der Waals surface area contributed by atoms with Gasteiger partial charge >= 0.3 is 0 Å². The van der Waals surface area contributed by atoms with Crippen molar-refractivity contribution in [1.82, 2.24) is 28.7 Å². The molecule has 6 heterocycles. The Labute approximate surface area is 434 Å². The van der Waals surface area contributed by atoms with E-state index in [2.05, 4.69) is 57.3 Å². The van der Waals surface area contributed by atoms with E-state index in [1.807, 2.05) is 84.4 Å². The third-order valence-electron chi connectivity index (χ3n) is 16.0. The molecule has 4 aliphatic heterocycles. The summed E-state index contributed by atoms with van der Waals surface area (Å²) < 4.78 is 15.6. The summed E-state index contributed by atoms with van der Waals surface area (Å²) in [4.78, 5) is 53.9. The zero-order chi connectivity index (χ0) is 51.6. The first-order chi connectivity index (χ1) is 35.8. The fraction of sp³-hybridized carbons (Fsp3) is 0.400. The lowest BCUT2D eigenvalue weighted by atomic mass is 9.87. The normalized spacial score (nSPS) is 18.1. The van der Waals surface area contributed by atoms with E-state index in [-0.39, 0.29) is 42.0 Å². The molecule has 0 unspecified atom stereocenters. The number of anilines is 1. The van der Waals surface area contributed by atoms with Gasteiger partial charge in [0.1, 0.15) is 29.9 Å². The van der Waals surface area contributed by atoms with Gasteiger partial charge in [-0.15, -0.1) is 0 Å². The van der Waals surface area contributed by atoms with Crippen LogP contribution in [0.3, 0.4) is 0 Å². The van der Waals surface area contributed by atoms with Crippen LogP contribution in [-0.2, 0) is 56.0 Å². The Hall–Kier alpha value is -7.18. The lowest BCUT2D eigenvalue weighted by Gasteiger charge is -2.41. The quantitative estimate of drug-likeness (QED) is 0.109. The smallest absolute Gasteiger partial charge is 0.258 e. The Kier molecular flexibility index (Phi) is 14.8. The van der Waals surface area contributed by atoms with E-state index in [9.17, 15) is 20.0 Å². The number of likely N-dealkylation sites (tertiary alicyclic amines) is 1. The fourth-order valence-corrected chi connectivity index (χ4v) is 11.6. The number of benzene rings is 4. The molecule has 2 aromatic heterocycles. The monoisotopic (exact) mass is 997 g/mol. The summed E-state index contributed by atoms with van der Waals surface area (Å²) in [6.07, 6.45) is 5.26. The minimum Gasteiger partial charge on any atom is -0.508 e. The number of nitrogens with zero attached hydrogens (tertiary/aromatic N) is 7. The maximum Gasteiger partial charge on any atom is 0.258 e. The SMILES string of the molecule is Cc1c(-c2c(C(=O)Nc3ccc(O)cc3)c(C)n(C)c2-c2cc3c(cc2C(=O)N2Cc4ccccc4C[C@H]2CN2CCCCC2)CN(C(=O)Cc2ccc(OCCN4CCO[C@@H](C)C4)cc2)CC3)cc(C#N)n1C. The van der Waals surface area contributed by atoms with E-state index >= 15 is 4.79 Å². The molecule has 0 aliphatic carbocycles. The zero-order valence-electron chi connectivity index (χ0n) is 43.5. The molecule has 6 aromatic rings. The van der Waals surface area contributed by atoms with Gasteiger partial charge in [-0.05, 0) is 142 Å². The number of rotatable bonds is 13. The number of morpholine rings is 1. The summed E-state index contributed by atoms with van der Waals surface area (Å²) in [5.74, 6) is 0.398. The average molecular weight is 997 g/mol. The van der Waals surface area contributed by atoms with Crippen molar-refractivity contribution in [2.24, 2.45) is 14.1 Å².